The summed E-state index contributed by atoms with van der Waals surface area (Å²) in [6.45, 7) is 5.68. The number of methoxy groups -OCH3 is 1. The van der Waals surface area contributed by atoms with Crippen molar-refractivity contribution in [2.75, 3.05) is 13.7 Å². The van der Waals surface area contributed by atoms with Crippen molar-refractivity contribution in [1.29, 1.82) is 0 Å². The number of ether oxygens (including phenoxy) is 1. The number of hydrogen-bond donors (Lipinski definition) is 2. The van der Waals surface area contributed by atoms with Crippen LogP contribution < -0.4 is 0 Å². The average molecular weight is 176 g/mol. The molecule has 12 heavy (non-hydrogen) atoms. The molecular formula is C9H20O3. The Morgan fingerprint density at radius 1 is 1.25 bits per heavy atom. The molecule has 0 aromatic carbocycles. The van der Waals surface area contributed by atoms with Crippen molar-refractivity contribution in [3.05, 3.63) is 0 Å². The first-order valence-electron chi connectivity index (χ1n) is 4.36. The second kappa shape index (κ2) is 5.51. The molecule has 0 spiro atoms. The van der Waals surface area contributed by atoms with E-state index in [-0.39, 0.29) is 24.5 Å². The quantitative estimate of drug-likeness (QED) is 0.646. The first kappa shape index (κ1) is 11.9. The summed E-state index contributed by atoms with van der Waals surface area (Å²) >= 11 is 0. The molecule has 0 fully saturated rings. The Balaban J connectivity index is 3.99. The number of aliphatic hydroxyl groups is 2. The van der Waals surface area contributed by atoms with E-state index in [1.165, 1.54) is 0 Å². The average Bonchev–Trinajstić information content (AvgIpc) is 2.12. The molecule has 0 saturated carbocycles. The van der Waals surface area contributed by atoms with Crippen molar-refractivity contribution in [1.82, 2.24) is 0 Å². The highest BCUT2D eigenvalue weighted by Crippen LogP contribution is 2.17. The molecule has 74 valence electrons. The Hall–Kier alpha value is -0.120. The van der Waals surface area contributed by atoms with Crippen molar-refractivity contribution in [3.8, 4) is 0 Å². The lowest BCUT2D eigenvalue weighted by Crippen LogP contribution is -2.34. The largest absolute Gasteiger partial charge is 0.396 e. The third kappa shape index (κ3) is 3.09. The molecule has 0 saturated heterocycles. The summed E-state index contributed by atoms with van der Waals surface area (Å²) in [7, 11) is 1.62. The lowest BCUT2D eigenvalue weighted by Gasteiger charge is -2.27. The number of aliphatic hydroxyl groups excluding tert-OH is 2. The smallest absolute Gasteiger partial charge is 0.0637 e. The monoisotopic (exact) mass is 176 g/mol. The highest BCUT2D eigenvalue weighted by atomic mass is 16.5. The van der Waals surface area contributed by atoms with E-state index in [2.05, 4.69) is 0 Å². The third-order valence-electron chi connectivity index (χ3n) is 2.52. The first-order valence-corrected chi connectivity index (χ1v) is 4.36. The molecular weight excluding hydrogens is 156 g/mol. The lowest BCUT2D eigenvalue weighted by molar-refractivity contribution is -0.0292. The molecule has 0 radical (unpaired) electrons. The van der Waals surface area contributed by atoms with E-state index in [9.17, 15) is 5.11 Å². The number of hydrogen-bond acceptors (Lipinski definition) is 3. The molecule has 0 aliphatic rings. The topological polar surface area (TPSA) is 49.7 Å². The third-order valence-corrected chi connectivity index (χ3v) is 2.52. The van der Waals surface area contributed by atoms with Crippen LogP contribution in [0.15, 0.2) is 0 Å². The van der Waals surface area contributed by atoms with Gasteiger partial charge >= 0.3 is 0 Å². The summed E-state index contributed by atoms with van der Waals surface area (Å²) in [4.78, 5) is 0. The summed E-state index contributed by atoms with van der Waals surface area (Å²) in [6, 6.07) is 0. The highest BCUT2D eigenvalue weighted by Gasteiger charge is 2.24. The number of rotatable bonds is 5. The Morgan fingerprint density at radius 2 is 1.75 bits per heavy atom. The van der Waals surface area contributed by atoms with Gasteiger partial charge in [-0.3, -0.25) is 0 Å². The van der Waals surface area contributed by atoms with Gasteiger partial charge in [0, 0.05) is 25.6 Å². The van der Waals surface area contributed by atoms with Gasteiger partial charge in [-0.15, -0.1) is 0 Å². The van der Waals surface area contributed by atoms with Gasteiger partial charge in [-0.05, 0) is 6.92 Å². The summed E-state index contributed by atoms with van der Waals surface area (Å²) in [5, 5.41) is 18.5. The van der Waals surface area contributed by atoms with E-state index >= 15 is 0 Å². The fourth-order valence-electron chi connectivity index (χ4n) is 1.12. The fourth-order valence-corrected chi connectivity index (χ4v) is 1.12. The molecule has 3 nitrogen and oxygen atoms in total. The van der Waals surface area contributed by atoms with Crippen molar-refractivity contribution in [3.63, 3.8) is 0 Å². The van der Waals surface area contributed by atoms with Crippen molar-refractivity contribution in [2.45, 2.75) is 33.0 Å². The molecule has 0 aromatic heterocycles. The zero-order chi connectivity index (χ0) is 9.72. The summed E-state index contributed by atoms with van der Waals surface area (Å²) in [5.41, 5.74) is 0. The van der Waals surface area contributed by atoms with Crippen molar-refractivity contribution < 1.29 is 14.9 Å². The van der Waals surface area contributed by atoms with E-state index < -0.39 is 6.10 Å². The summed E-state index contributed by atoms with van der Waals surface area (Å²) < 4.78 is 5.09. The molecule has 0 heterocycles. The summed E-state index contributed by atoms with van der Waals surface area (Å²) in [6.07, 6.45) is -0.473. The van der Waals surface area contributed by atoms with Crippen LogP contribution >= 0.6 is 0 Å². The minimum atomic E-state index is -0.495. The van der Waals surface area contributed by atoms with Gasteiger partial charge in [0.25, 0.3) is 0 Å². The van der Waals surface area contributed by atoms with Gasteiger partial charge in [-0.25, -0.2) is 0 Å². The normalized spacial score (nSPS) is 21.5. The van der Waals surface area contributed by atoms with E-state index in [0.29, 0.717) is 0 Å². The Morgan fingerprint density at radius 3 is 2.08 bits per heavy atom. The molecule has 2 N–H and O–H groups in total. The van der Waals surface area contributed by atoms with Crippen LogP contribution in [0.1, 0.15) is 20.8 Å². The van der Waals surface area contributed by atoms with Gasteiger partial charge in [-0.2, -0.15) is 0 Å². The van der Waals surface area contributed by atoms with Crippen LogP contribution in [0.3, 0.4) is 0 Å². The van der Waals surface area contributed by atoms with E-state index in [1.54, 1.807) is 7.11 Å². The summed E-state index contributed by atoms with van der Waals surface area (Å²) in [5.74, 6) is -0.0326. The predicted molar refractivity (Wildman–Crippen MR) is 47.9 cm³/mol. The minimum absolute atomic E-state index is 0.0158. The standard InChI is InChI=1S/C9H20O3/c1-6(5-10)9(11)7(2)8(3)12-4/h6-11H,5H2,1-4H3/t6-,7+,8+,9-/m1/s1. The second-order valence-corrected chi connectivity index (χ2v) is 3.45. The molecule has 0 unspecified atom stereocenters. The van der Waals surface area contributed by atoms with Crippen molar-refractivity contribution >= 4 is 0 Å². The van der Waals surface area contributed by atoms with E-state index in [0.717, 1.165) is 0 Å². The minimum Gasteiger partial charge on any atom is -0.396 e. The maximum Gasteiger partial charge on any atom is 0.0637 e. The Bertz CT molecular complexity index is 102. The predicted octanol–water partition coefficient (Wildman–Crippen LogP) is 0.647. The van der Waals surface area contributed by atoms with Gasteiger partial charge in [0.15, 0.2) is 0 Å². The molecule has 3 heteroatoms. The maximum absolute atomic E-state index is 9.65. The van der Waals surface area contributed by atoms with Gasteiger partial charge in [0.2, 0.25) is 0 Å². The van der Waals surface area contributed by atoms with Crippen LogP contribution in [0, 0.1) is 11.8 Å². The second-order valence-electron chi connectivity index (χ2n) is 3.45. The molecule has 0 aromatic rings. The van der Waals surface area contributed by atoms with Gasteiger partial charge < -0.3 is 14.9 Å². The molecule has 0 bridgehead atoms. The molecule has 0 amide bonds. The van der Waals surface area contributed by atoms with Crippen LogP contribution in [-0.4, -0.2) is 36.1 Å². The maximum atomic E-state index is 9.65. The van der Waals surface area contributed by atoms with Gasteiger partial charge in [-0.1, -0.05) is 13.8 Å². The van der Waals surface area contributed by atoms with Crippen LogP contribution in [-0.2, 0) is 4.74 Å². The van der Waals surface area contributed by atoms with Crippen LogP contribution in [0.5, 0.6) is 0 Å². The molecule has 0 rings (SSSR count). The molecule has 0 aliphatic heterocycles. The lowest BCUT2D eigenvalue weighted by atomic mass is 9.90. The SMILES string of the molecule is CO[C@@H](C)[C@H](C)[C@H](O)[C@H](C)CO. The van der Waals surface area contributed by atoms with Gasteiger partial charge in [0.1, 0.15) is 0 Å². The van der Waals surface area contributed by atoms with Crippen LogP contribution in [0.4, 0.5) is 0 Å². The van der Waals surface area contributed by atoms with E-state index in [1.807, 2.05) is 20.8 Å². The van der Waals surface area contributed by atoms with Gasteiger partial charge in [0.05, 0.1) is 12.2 Å². The molecule has 0 aliphatic carbocycles. The molecule has 4 atom stereocenters. The van der Waals surface area contributed by atoms with Crippen LogP contribution in [0.25, 0.3) is 0 Å². The Labute approximate surface area is 74.4 Å². The van der Waals surface area contributed by atoms with Crippen molar-refractivity contribution in [2.24, 2.45) is 11.8 Å². The Kier molecular flexibility index (Phi) is 5.46. The fraction of sp³-hybridized carbons (Fsp3) is 1.00. The highest BCUT2D eigenvalue weighted by molar-refractivity contribution is 4.74. The first-order chi connectivity index (χ1) is 5.54. The van der Waals surface area contributed by atoms with Crippen LogP contribution in [0.2, 0.25) is 0 Å². The zero-order valence-corrected chi connectivity index (χ0v) is 8.32. The van der Waals surface area contributed by atoms with E-state index in [4.69, 9.17) is 9.84 Å². The zero-order valence-electron chi connectivity index (χ0n) is 8.32.